The van der Waals surface area contributed by atoms with Gasteiger partial charge in [0.1, 0.15) is 6.10 Å². The van der Waals surface area contributed by atoms with Gasteiger partial charge in [0.2, 0.25) is 0 Å². The zero-order valence-corrected chi connectivity index (χ0v) is 21.0. The summed E-state index contributed by atoms with van der Waals surface area (Å²) in [6.45, 7) is 0.914. The molecule has 3 aromatic carbocycles. The molecule has 5 heteroatoms. The number of hydrogen-bond donors (Lipinski definition) is 1. The number of ether oxygens (including phenoxy) is 2. The van der Waals surface area contributed by atoms with Crippen molar-refractivity contribution in [2.45, 2.75) is 50.4 Å². The highest BCUT2D eigenvalue weighted by atomic mass is 16.7. The molecule has 0 amide bonds. The number of hydroxylamine groups is 1. The second kappa shape index (κ2) is 10.00. The smallest absolute Gasteiger partial charge is 0.161 e. The second-order valence-corrected chi connectivity index (χ2v) is 10.0. The summed E-state index contributed by atoms with van der Waals surface area (Å²) >= 11 is 0. The topological polar surface area (TPSA) is 43.0 Å². The minimum atomic E-state index is -0.203. The molecule has 0 radical (unpaired) electrons. The zero-order chi connectivity index (χ0) is 24.5. The molecule has 0 bridgehead atoms. The van der Waals surface area contributed by atoms with E-state index in [1.165, 1.54) is 48.1 Å². The van der Waals surface area contributed by atoms with E-state index in [9.17, 15) is 0 Å². The summed E-state index contributed by atoms with van der Waals surface area (Å²) in [5, 5.41) is 0. The van der Waals surface area contributed by atoms with Crippen LogP contribution in [0.4, 0.5) is 0 Å². The predicted molar refractivity (Wildman–Crippen MR) is 140 cm³/mol. The van der Waals surface area contributed by atoms with Crippen LogP contribution in [-0.2, 0) is 11.4 Å². The molecule has 1 fully saturated rings. The van der Waals surface area contributed by atoms with Gasteiger partial charge in [-0.1, -0.05) is 79.6 Å². The van der Waals surface area contributed by atoms with Gasteiger partial charge in [0.25, 0.3) is 0 Å². The average Bonchev–Trinajstić information content (AvgIpc) is 3.39. The van der Waals surface area contributed by atoms with Crippen LogP contribution in [0.1, 0.15) is 54.5 Å². The van der Waals surface area contributed by atoms with Gasteiger partial charge in [-0.2, -0.15) is 0 Å². The average molecular weight is 483 g/mol. The molecule has 0 aromatic heterocycles. The third-order valence-electron chi connectivity index (χ3n) is 8.07. The van der Waals surface area contributed by atoms with Crippen molar-refractivity contribution in [3.63, 3.8) is 0 Å². The van der Waals surface area contributed by atoms with E-state index >= 15 is 0 Å². The standard InChI is InChI=1S/C31H34N2O3/c1-34-26-18-17-23(19-27(26)35-2)31-28-29(32-36-31)24-15-9-10-16-25(24)33(20-21-11-5-3-6-12-21)30(28)22-13-7-4-8-14-22/h3-8,11-14,17-19,24-25,30-32H,9-10,15-16,20H2,1-2H3. The number of hydrogen-bond acceptors (Lipinski definition) is 5. The summed E-state index contributed by atoms with van der Waals surface area (Å²) in [5.74, 6) is 1.89. The molecule has 1 aliphatic carbocycles. The quantitative estimate of drug-likeness (QED) is 0.443. The summed E-state index contributed by atoms with van der Waals surface area (Å²) in [5.41, 5.74) is 9.78. The van der Waals surface area contributed by atoms with Gasteiger partial charge in [-0.05, 0) is 41.7 Å². The van der Waals surface area contributed by atoms with Crippen molar-refractivity contribution >= 4 is 0 Å². The van der Waals surface area contributed by atoms with Gasteiger partial charge < -0.3 is 9.47 Å². The van der Waals surface area contributed by atoms with Crippen molar-refractivity contribution in [3.8, 4) is 11.5 Å². The lowest BCUT2D eigenvalue weighted by atomic mass is 9.72. The van der Waals surface area contributed by atoms with Crippen molar-refractivity contribution in [2.24, 2.45) is 5.92 Å². The molecule has 1 saturated carbocycles. The molecule has 3 aliphatic rings. The first-order valence-electron chi connectivity index (χ1n) is 13.0. The Morgan fingerprint density at radius 2 is 1.56 bits per heavy atom. The fourth-order valence-corrected chi connectivity index (χ4v) is 6.45. The molecule has 0 spiro atoms. The second-order valence-electron chi connectivity index (χ2n) is 10.0. The third-order valence-corrected chi connectivity index (χ3v) is 8.07. The summed E-state index contributed by atoms with van der Waals surface area (Å²) in [7, 11) is 3.35. The van der Waals surface area contributed by atoms with Crippen molar-refractivity contribution < 1.29 is 14.3 Å². The minimum absolute atomic E-state index is 0.119. The first-order valence-corrected chi connectivity index (χ1v) is 13.0. The number of methoxy groups -OCH3 is 2. The Kier molecular flexibility index (Phi) is 6.43. The van der Waals surface area contributed by atoms with E-state index in [1.54, 1.807) is 14.2 Å². The first-order chi connectivity index (χ1) is 17.8. The molecule has 186 valence electrons. The first kappa shape index (κ1) is 23.1. The lowest BCUT2D eigenvalue weighted by Crippen LogP contribution is -2.50. The molecule has 5 nitrogen and oxygen atoms in total. The largest absolute Gasteiger partial charge is 0.493 e. The number of nitrogens with one attached hydrogen (secondary N) is 1. The maximum atomic E-state index is 6.41. The van der Waals surface area contributed by atoms with E-state index in [0.717, 1.165) is 23.6 Å². The van der Waals surface area contributed by atoms with Crippen LogP contribution >= 0.6 is 0 Å². The van der Waals surface area contributed by atoms with E-state index in [2.05, 4.69) is 83.2 Å². The number of rotatable bonds is 6. The summed E-state index contributed by atoms with van der Waals surface area (Å²) in [6, 6.07) is 28.5. The molecule has 36 heavy (non-hydrogen) atoms. The van der Waals surface area contributed by atoms with Crippen LogP contribution in [0.2, 0.25) is 0 Å². The molecule has 4 unspecified atom stereocenters. The summed E-state index contributed by atoms with van der Waals surface area (Å²) in [6.07, 6.45) is 4.73. The fraction of sp³-hybridized carbons (Fsp3) is 0.355. The molecule has 3 aromatic rings. The fourth-order valence-electron chi connectivity index (χ4n) is 6.45. The van der Waals surface area contributed by atoms with Gasteiger partial charge in [-0.3, -0.25) is 15.2 Å². The number of fused-ring (bicyclic) bond motifs is 2. The lowest BCUT2D eigenvalue weighted by molar-refractivity contribution is 0.0331. The van der Waals surface area contributed by atoms with Gasteiger partial charge in [-0.15, -0.1) is 0 Å². The Morgan fingerprint density at radius 1 is 0.833 bits per heavy atom. The number of nitrogens with zero attached hydrogens (tertiary/aromatic N) is 1. The Morgan fingerprint density at radius 3 is 2.31 bits per heavy atom. The van der Waals surface area contributed by atoms with Gasteiger partial charge >= 0.3 is 0 Å². The van der Waals surface area contributed by atoms with E-state index in [-0.39, 0.29) is 12.1 Å². The molecular formula is C31H34N2O3. The van der Waals surface area contributed by atoms with E-state index in [0.29, 0.717) is 12.0 Å². The monoisotopic (exact) mass is 482 g/mol. The van der Waals surface area contributed by atoms with Crippen molar-refractivity contribution in [1.29, 1.82) is 0 Å². The number of benzene rings is 3. The Bertz CT molecular complexity index is 1230. The van der Waals surface area contributed by atoms with E-state index < -0.39 is 0 Å². The predicted octanol–water partition coefficient (Wildman–Crippen LogP) is 6.35. The highest BCUT2D eigenvalue weighted by Gasteiger charge is 2.49. The molecule has 2 heterocycles. The van der Waals surface area contributed by atoms with Gasteiger partial charge in [0, 0.05) is 29.8 Å². The maximum Gasteiger partial charge on any atom is 0.161 e. The normalized spacial score (nSPS) is 25.6. The molecule has 2 aliphatic heterocycles. The van der Waals surface area contributed by atoms with Gasteiger partial charge in [0.15, 0.2) is 11.5 Å². The lowest BCUT2D eigenvalue weighted by Gasteiger charge is -2.49. The zero-order valence-electron chi connectivity index (χ0n) is 21.0. The Balaban J connectivity index is 1.49. The molecule has 6 rings (SSSR count). The molecule has 1 N–H and O–H groups in total. The molecule has 0 saturated heterocycles. The summed E-state index contributed by atoms with van der Waals surface area (Å²) < 4.78 is 11.1. The van der Waals surface area contributed by atoms with Crippen molar-refractivity contribution in [3.05, 3.63) is 107 Å². The highest BCUT2D eigenvalue weighted by molar-refractivity contribution is 5.48. The van der Waals surface area contributed by atoms with Crippen molar-refractivity contribution in [2.75, 3.05) is 14.2 Å². The van der Waals surface area contributed by atoms with Crippen LogP contribution in [0, 0.1) is 5.92 Å². The highest BCUT2D eigenvalue weighted by Crippen LogP contribution is 2.53. The van der Waals surface area contributed by atoms with Crippen LogP contribution < -0.4 is 15.0 Å². The van der Waals surface area contributed by atoms with Gasteiger partial charge in [0.05, 0.1) is 20.3 Å². The van der Waals surface area contributed by atoms with E-state index in [4.69, 9.17) is 14.3 Å². The SMILES string of the molecule is COc1ccc(C2ONC3=C2C(c2ccccc2)N(Cc2ccccc2)C2CCCCC32)cc1OC. The Hall–Kier alpha value is -3.28. The van der Waals surface area contributed by atoms with Crippen LogP contribution in [-0.4, -0.2) is 25.2 Å². The van der Waals surface area contributed by atoms with Gasteiger partial charge in [-0.25, -0.2) is 0 Å². The minimum Gasteiger partial charge on any atom is -0.493 e. The summed E-state index contributed by atoms with van der Waals surface area (Å²) in [4.78, 5) is 9.16. The van der Waals surface area contributed by atoms with Crippen LogP contribution in [0.3, 0.4) is 0 Å². The molecular weight excluding hydrogens is 448 g/mol. The maximum absolute atomic E-state index is 6.41. The van der Waals surface area contributed by atoms with Crippen LogP contribution in [0.5, 0.6) is 11.5 Å². The third kappa shape index (κ3) is 4.06. The van der Waals surface area contributed by atoms with Crippen LogP contribution in [0.15, 0.2) is 90.1 Å². The molecule has 4 atom stereocenters. The van der Waals surface area contributed by atoms with E-state index in [1.807, 2.05) is 6.07 Å². The van der Waals surface area contributed by atoms with Crippen molar-refractivity contribution in [1.82, 2.24) is 10.4 Å². The van der Waals surface area contributed by atoms with Crippen LogP contribution in [0.25, 0.3) is 0 Å². The Labute approximate surface area is 213 Å².